The van der Waals surface area contributed by atoms with Crippen molar-refractivity contribution in [3.8, 4) is 0 Å². The van der Waals surface area contributed by atoms with Crippen LogP contribution < -0.4 is 5.32 Å². The molecular formula is C27H19FN2O2S. The lowest BCUT2D eigenvalue weighted by atomic mass is 10.2. The largest absolute Gasteiger partial charge is 0.322 e. The average molecular weight is 455 g/mol. The highest BCUT2D eigenvalue weighted by molar-refractivity contribution is 8.00. The topological polar surface area (TPSA) is 51.1 Å². The lowest BCUT2D eigenvalue weighted by Crippen LogP contribution is -2.13. The molecule has 1 aromatic heterocycles. The van der Waals surface area contributed by atoms with Gasteiger partial charge in [-0.05, 0) is 60.7 Å². The number of fused-ring (bicyclic) bond motifs is 3. The maximum absolute atomic E-state index is 13.2. The fourth-order valence-electron chi connectivity index (χ4n) is 3.84. The average Bonchev–Trinajstić information content (AvgIpc) is 3.18. The van der Waals surface area contributed by atoms with Crippen molar-refractivity contribution in [1.82, 2.24) is 4.57 Å². The van der Waals surface area contributed by atoms with Crippen LogP contribution in [0, 0.1) is 5.82 Å². The van der Waals surface area contributed by atoms with Crippen molar-refractivity contribution in [3.05, 3.63) is 108 Å². The van der Waals surface area contributed by atoms with Gasteiger partial charge in [0.1, 0.15) is 5.82 Å². The maximum atomic E-state index is 13.2. The van der Waals surface area contributed by atoms with E-state index in [2.05, 4.69) is 5.32 Å². The molecule has 4 aromatic carbocycles. The summed E-state index contributed by atoms with van der Waals surface area (Å²) in [6.07, 6.45) is 0. The standard InChI is InChI=1S/C27H19FN2O2S/c28-19-11-9-18(10-12-19)27(32)29-20-13-15-21(16-14-20)33-17-26(31)30-24-7-3-1-5-22(24)23-6-2-4-8-25(23)30/h1-16H,17H2,(H,29,32). The fourth-order valence-corrected chi connectivity index (χ4v) is 4.59. The lowest BCUT2D eigenvalue weighted by Gasteiger charge is -2.08. The van der Waals surface area contributed by atoms with E-state index in [4.69, 9.17) is 0 Å². The number of para-hydroxylation sites is 2. The number of anilines is 1. The van der Waals surface area contributed by atoms with Gasteiger partial charge in [0.15, 0.2) is 0 Å². The molecule has 0 aliphatic heterocycles. The highest BCUT2D eigenvalue weighted by atomic mass is 32.2. The van der Waals surface area contributed by atoms with Crippen LogP contribution in [0.2, 0.25) is 0 Å². The number of benzene rings is 4. The quantitative estimate of drug-likeness (QED) is 0.304. The van der Waals surface area contributed by atoms with Gasteiger partial charge in [0, 0.05) is 26.9 Å². The Morgan fingerprint density at radius 2 is 1.33 bits per heavy atom. The summed E-state index contributed by atoms with van der Waals surface area (Å²) in [5, 5.41) is 4.92. The molecule has 0 radical (unpaired) electrons. The van der Waals surface area contributed by atoms with Crippen LogP contribution in [-0.4, -0.2) is 22.1 Å². The van der Waals surface area contributed by atoms with Crippen LogP contribution in [0.1, 0.15) is 15.2 Å². The first kappa shape index (κ1) is 21.0. The number of hydrogen-bond acceptors (Lipinski definition) is 3. The van der Waals surface area contributed by atoms with E-state index < -0.39 is 0 Å². The maximum Gasteiger partial charge on any atom is 0.255 e. The monoisotopic (exact) mass is 454 g/mol. The summed E-state index contributed by atoms with van der Waals surface area (Å²) in [5.41, 5.74) is 2.82. The molecule has 0 aliphatic carbocycles. The normalized spacial score (nSPS) is 11.1. The smallest absolute Gasteiger partial charge is 0.255 e. The van der Waals surface area contributed by atoms with Crippen LogP contribution in [0.25, 0.3) is 21.8 Å². The number of rotatable bonds is 5. The van der Waals surface area contributed by atoms with Crippen molar-refractivity contribution in [2.75, 3.05) is 11.1 Å². The van der Waals surface area contributed by atoms with E-state index >= 15 is 0 Å². The fraction of sp³-hybridized carbons (Fsp3) is 0.0370. The van der Waals surface area contributed by atoms with Crippen LogP contribution in [0.15, 0.2) is 102 Å². The molecule has 5 rings (SSSR count). The summed E-state index contributed by atoms with van der Waals surface area (Å²) in [5.74, 6) is -0.407. The SMILES string of the molecule is O=C(Nc1ccc(SCC(=O)n2c3ccccc3c3ccccc32)cc1)c1ccc(F)cc1. The van der Waals surface area contributed by atoms with Gasteiger partial charge in [0.05, 0.1) is 16.8 Å². The summed E-state index contributed by atoms with van der Waals surface area (Å²) >= 11 is 1.44. The zero-order chi connectivity index (χ0) is 22.8. The minimum absolute atomic E-state index is 0.00564. The van der Waals surface area contributed by atoms with Gasteiger partial charge in [-0.1, -0.05) is 36.4 Å². The zero-order valence-electron chi connectivity index (χ0n) is 17.5. The Balaban J connectivity index is 1.29. The molecule has 0 spiro atoms. The van der Waals surface area contributed by atoms with E-state index in [1.807, 2.05) is 60.7 Å². The molecule has 0 saturated carbocycles. The molecule has 1 heterocycles. The molecule has 5 aromatic rings. The van der Waals surface area contributed by atoms with Crippen LogP contribution in [-0.2, 0) is 0 Å². The number of nitrogens with zero attached hydrogens (tertiary/aromatic N) is 1. The number of thioether (sulfide) groups is 1. The third-order valence-corrected chi connectivity index (χ3v) is 6.41. The highest BCUT2D eigenvalue weighted by Gasteiger charge is 2.15. The van der Waals surface area contributed by atoms with Crippen molar-refractivity contribution < 1.29 is 14.0 Å². The Morgan fingerprint density at radius 1 is 0.758 bits per heavy atom. The van der Waals surface area contributed by atoms with Crippen LogP contribution >= 0.6 is 11.8 Å². The second-order valence-electron chi connectivity index (χ2n) is 7.54. The first-order valence-electron chi connectivity index (χ1n) is 10.4. The van der Waals surface area contributed by atoms with Crippen molar-refractivity contribution in [2.45, 2.75) is 4.90 Å². The van der Waals surface area contributed by atoms with Crippen molar-refractivity contribution >= 4 is 51.1 Å². The molecule has 0 aliphatic rings. The number of hydrogen-bond donors (Lipinski definition) is 1. The molecule has 33 heavy (non-hydrogen) atoms. The molecule has 0 unspecified atom stereocenters. The molecule has 6 heteroatoms. The van der Waals surface area contributed by atoms with Crippen molar-refractivity contribution in [3.63, 3.8) is 0 Å². The van der Waals surface area contributed by atoms with Gasteiger partial charge >= 0.3 is 0 Å². The van der Waals surface area contributed by atoms with E-state index in [0.717, 1.165) is 26.7 Å². The minimum Gasteiger partial charge on any atom is -0.322 e. The predicted molar refractivity (Wildman–Crippen MR) is 132 cm³/mol. The van der Waals surface area contributed by atoms with E-state index in [1.165, 1.54) is 36.0 Å². The first-order valence-corrected chi connectivity index (χ1v) is 11.4. The van der Waals surface area contributed by atoms with Gasteiger partial charge in [-0.25, -0.2) is 4.39 Å². The van der Waals surface area contributed by atoms with Crippen molar-refractivity contribution in [1.29, 1.82) is 0 Å². The third-order valence-electron chi connectivity index (χ3n) is 5.41. The molecule has 1 N–H and O–H groups in total. The molecular weight excluding hydrogens is 435 g/mol. The number of carbonyl (C=O) groups excluding carboxylic acids is 2. The van der Waals surface area contributed by atoms with E-state index in [0.29, 0.717) is 11.3 Å². The van der Waals surface area contributed by atoms with Crippen LogP contribution in [0.5, 0.6) is 0 Å². The number of halogens is 1. The van der Waals surface area contributed by atoms with Gasteiger partial charge < -0.3 is 5.32 Å². The Bertz CT molecular complexity index is 1420. The van der Waals surface area contributed by atoms with E-state index in [-0.39, 0.29) is 23.4 Å². The predicted octanol–water partition coefficient (Wildman–Crippen LogP) is 6.62. The molecule has 1 amide bonds. The van der Waals surface area contributed by atoms with E-state index in [9.17, 15) is 14.0 Å². The van der Waals surface area contributed by atoms with Crippen LogP contribution in [0.4, 0.5) is 10.1 Å². The number of carbonyl (C=O) groups is 2. The number of nitrogens with one attached hydrogen (secondary N) is 1. The van der Waals surface area contributed by atoms with Gasteiger partial charge in [-0.3, -0.25) is 14.2 Å². The summed E-state index contributed by atoms with van der Waals surface area (Å²) < 4.78 is 14.8. The van der Waals surface area contributed by atoms with E-state index in [1.54, 1.807) is 16.7 Å². The van der Waals surface area contributed by atoms with Gasteiger partial charge in [-0.15, -0.1) is 11.8 Å². The van der Waals surface area contributed by atoms with Gasteiger partial charge in [0.25, 0.3) is 5.91 Å². The first-order chi connectivity index (χ1) is 16.1. The highest BCUT2D eigenvalue weighted by Crippen LogP contribution is 2.29. The minimum atomic E-state index is -0.386. The molecule has 0 saturated heterocycles. The number of amides is 1. The second-order valence-corrected chi connectivity index (χ2v) is 8.59. The second kappa shape index (κ2) is 8.92. The summed E-state index contributed by atoms with van der Waals surface area (Å²) in [4.78, 5) is 26.4. The Kier molecular flexibility index (Phi) is 5.67. The van der Waals surface area contributed by atoms with Gasteiger partial charge in [-0.2, -0.15) is 0 Å². The number of aromatic nitrogens is 1. The lowest BCUT2D eigenvalue weighted by molar-refractivity contribution is 0.0950. The zero-order valence-corrected chi connectivity index (χ0v) is 18.3. The molecule has 0 bridgehead atoms. The third kappa shape index (κ3) is 4.25. The molecule has 0 atom stereocenters. The molecule has 0 fully saturated rings. The summed E-state index contributed by atoms with van der Waals surface area (Å²) in [6.45, 7) is 0. The van der Waals surface area contributed by atoms with Crippen LogP contribution in [0.3, 0.4) is 0 Å². The molecule has 4 nitrogen and oxygen atoms in total. The van der Waals surface area contributed by atoms with Gasteiger partial charge in [0.2, 0.25) is 5.91 Å². The Hall–Kier alpha value is -3.90. The Labute approximate surface area is 194 Å². The summed E-state index contributed by atoms with van der Waals surface area (Å²) in [7, 11) is 0. The Morgan fingerprint density at radius 3 is 1.94 bits per heavy atom. The van der Waals surface area contributed by atoms with Crippen molar-refractivity contribution in [2.24, 2.45) is 0 Å². The molecule has 162 valence electrons. The summed E-state index contributed by atoms with van der Waals surface area (Å²) in [6, 6.07) is 28.5.